The normalized spacial score (nSPS) is 11.0. The minimum Gasteiger partial charge on any atom is -0.506 e. The van der Waals surface area contributed by atoms with Gasteiger partial charge >= 0.3 is 5.63 Å². The van der Waals surface area contributed by atoms with E-state index in [0.717, 1.165) is 5.69 Å². The maximum atomic E-state index is 11.9. The van der Waals surface area contributed by atoms with Gasteiger partial charge in [0.1, 0.15) is 16.9 Å². The van der Waals surface area contributed by atoms with Gasteiger partial charge in [-0.25, -0.2) is 9.79 Å². The van der Waals surface area contributed by atoms with Crippen molar-refractivity contribution in [1.29, 1.82) is 0 Å². The van der Waals surface area contributed by atoms with E-state index in [-0.39, 0.29) is 16.4 Å². The molecular weight excluding hydrogens is 312 g/mol. The molecule has 0 saturated heterocycles. The molecule has 0 saturated carbocycles. The van der Waals surface area contributed by atoms with Crippen LogP contribution in [-0.4, -0.2) is 16.4 Å². The lowest BCUT2D eigenvalue weighted by molar-refractivity contribution is 0.466. The highest BCUT2D eigenvalue weighted by Crippen LogP contribution is 2.24. The average molecular weight is 324 g/mol. The van der Waals surface area contributed by atoms with Crippen molar-refractivity contribution < 1.29 is 9.52 Å². The number of para-hydroxylation sites is 2. The van der Waals surface area contributed by atoms with Crippen molar-refractivity contribution in [3.05, 3.63) is 70.6 Å². The van der Waals surface area contributed by atoms with Crippen molar-refractivity contribution in [2.75, 3.05) is 5.32 Å². The van der Waals surface area contributed by atoms with Crippen LogP contribution >= 0.6 is 12.2 Å². The molecule has 3 rings (SSSR count). The molecule has 0 aliphatic carbocycles. The summed E-state index contributed by atoms with van der Waals surface area (Å²) in [5.41, 5.74) is 0.384. The van der Waals surface area contributed by atoms with E-state index >= 15 is 0 Å². The number of aliphatic imine (C=N–C) groups is 1. The Kier molecular flexibility index (Phi) is 4.16. The van der Waals surface area contributed by atoms with Gasteiger partial charge in [0.05, 0.1) is 5.39 Å². The Hall–Kier alpha value is -2.99. The van der Waals surface area contributed by atoms with Crippen LogP contribution in [0.1, 0.15) is 5.56 Å². The number of benzene rings is 2. The summed E-state index contributed by atoms with van der Waals surface area (Å²) in [4.78, 5) is 15.9. The second kappa shape index (κ2) is 6.41. The summed E-state index contributed by atoms with van der Waals surface area (Å²) in [6, 6.07) is 16.0. The molecule has 2 N–H and O–H groups in total. The number of nitrogens with zero attached hydrogens (tertiary/aromatic N) is 1. The van der Waals surface area contributed by atoms with E-state index in [9.17, 15) is 9.90 Å². The van der Waals surface area contributed by atoms with Gasteiger partial charge < -0.3 is 14.8 Å². The number of hydrogen-bond acceptors (Lipinski definition) is 4. The smallest absolute Gasteiger partial charge is 0.348 e. The fourth-order valence-corrected chi connectivity index (χ4v) is 2.23. The van der Waals surface area contributed by atoms with Gasteiger partial charge in [0.15, 0.2) is 5.11 Å². The largest absolute Gasteiger partial charge is 0.506 e. The lowest BCUT2D eigenvalue weighted by Gasteiger charge is -2.04. The third-order valence-corrected chi connectivity index (χ3v) is 3.36. The highest BCUT2D eigenvalue weighted by molar-refractivity contribution is 7.80. The van der Waals surface area contributed by atoms with E-state index < -0.39 is 5.63 Å². The Balaban J connectivity index is 1.89. The van der Waals surface area contributed by atoms with Crippen molar-refractivity contribution in [3.8, 4) is 5.75 Å². The predicted octanol–water partition coefficient (Wildman–Crippen LogP) is 3.31. The number of hydrogen-bond donors (Lipinski definition) is 2. The average Bonchev–Trinajstić information content (AvgIpc) is 2.55. The topological polar surface area (TPSA) is 74.8 Å². The van der Waals surface area contributed by atoms with Crippen molar-refractivity contribution in [3.63, 3.8) is 0 Å². The van der Waals surface area contributed by atoms with Gasteiger partial charge in [-0.1, -0.05) is 30.3 Å². The third kappa shape index (κ3) is 3.27. The summed E-state index contributed by atoms with van der Waals surface area (Å²) < 4.78 is 5.15. The molecular formula is C17H12N2O3S. The molecule has 0 aliphatic heterocycles. The predicted molar refractivity (Wildman–Crippen MR) is 94.4 cm³/mol. The molecule has 5 nitrogen and oxygen atoms in total. The molecule has 23 heavy (non-hydrogen) atoms. The molecule has 0 fully saturated rings. The molecule has 0 amide bonds. The fraction of sp³-hybridized carbons (Fsp3) is 0. The van der Waals surface area contributed by atoms with E-state index in [0.29, 0.717) is 11.0 Å². The molecule has 6 heteroatoms. The summed E-state index contributed by atoms with van der Waals surface area (Å²) in [7, 11) is 0. The Morgan fingerprint density at radius 2 is 1.83 bits per heavy atom. The minimum absolute atomic E-state index is 0.0408. The number of nitrogens with one attached hydrogen (secondary N) is 1. The Labute approximate surface area is 136 Å². The first-order valence-electron chi connectivity index (χ1n) is 6.80. The number of aromatic hydroxyl groups is 1. The van der Waals surface area contributed by atoms with Gasteiger partial charge in [0.2, 0.25) is 0 Å². The summed E-state index contributed by atoms with van der Waals surface area (Å²) in [6.45, 7) is 0. The van der Waals surface area contributed by atoms with Crippen molar-refractivity contribution in [2.24, 2.45) is 4.99 Å². The van der Waals surface area contributed by atoms with Crippen LogP contribution in [0.2, 0.25) is 0 Å². The number of fused-ring (bicyclic) bond motifs is 1. The molecule has 0 atom stereocenters. The Morgan fingerprint density at radius 1 is 1.13 bits per heavy atom. The molecule has 2 aromatic carbocycles. The SMILES string of the molecule is O=c1oc2ccccc2c(O)c1/C=N/C(=S)Nc1ccccc1. The lowest BCUT2D eigenvalue weighted by atomic mass is 10.1. The highest BCUT2D eigenvalue weighted by atomic mass is 32.1. The van der Waals surface area contributed by atoms with Crippen LogP contribution < -0.4 is 10.9 Å². The van der Waals surface area contributed by atoms with Crippen molar-refractivity contribution >= 4 is 40.2 Å². The molecule has 0 aliphatic rings. The van der Waals surface area contributed by atoms with E-state index in [1.54, 1.807) is 24.3 Å². The number of rotatable bonds is 2. The zero-order valence-electron chi connectivity index (χ0n) is 11.9. The lowest BCUT2D eigenvalue weighted by Crippen LogP contribution is -2.10. The van der Waals surface area contributed by atoms with Crippen LogP contribution in [0, 0.1) is 0 Å². The summed E-state index contributed by atoms with van der Waals surface area (Å²) in [5, 5.41) is 13.7. The fourth-order valence-electron chi connectivity index (χ4n) is 2.06. The molecule has 0 unspecified atom stereocenters. The van der Waals surface area contributed by atoms with Crippen molar-refractivity contribution in [1.82, 2.24) is 0 Å². The van der Waals surface area contributed by atoms with Gasteiger partial charge in [0.25, 0.3) is 0 Å². The van der Waals surface area contributed by atoms with Crippen LogP contribution in [0.3, 0.4) is 0 Å². The summed E-state index contributed by atoms with van der Waals surface area (Å²) in [6.07, 6.45) is 1.20. The van der Waals surface area contributed by atoms with Crippen LogP contribution in [0.5, 0.6) is 5.75 Å². The van der Waals surface area contributed by atoms with E-state index in [1.165, 1.54) is 6.21 Å². The number of thiocarbonyl (C=S) groups is 1. The molecule has 0 bridgehead atoms. The summed E-state index contributed by atoms with van der Waals surface area (Å²) in [5.74, 6) is -0.178. The molecule has 1 aromatic heterocycles. The first-order valence-corrected chi connectivity index (χ1v) is 7.21. The maximum Gasteiger partial charge on any atom is 0.348 e. The van der Waals surface area contributed by atoms with Gasteiger partial charge in [-0.2, -0.15) is 0 Å². The maximum absolute atomic E-state index is 11.9. The van der Waals surface area contributed by atoms with E-state index in [1.807, 2.05) is 30.3 Å². The third-order valence-electron chi connectivity index (χ3n) is 3.16. The zero-order valence-corrected chi connectivity index (χ0v) is 12.7. The van der Waals surface area contributed by atoms with Gasteiger partial charge in [-0.05, 0) is 36.5 Å². The van der Waals surface area contributed by atoms with E-state index in [2.05, 4.69) is 10.3 Å². The van der Waals surface area contributed by atoms with Crippen LogP contribution in [-0.2, 0) is 0 Å². The summed E-state index contributed by atoms with van der Waals surface area (Å²) >= 11 is 5.09. The first kappa shape index (κ1) is 14.9. The van der Waals surface area contributed by atoms with Gasteiger partial charge in [0, 0.05) is 11.9 Å². The van der Waals surface area contributed by atoms with Crippen LogP contribution in [0.4, 0.5) is 5.69 Å². The highest BCUT2D eigenvalue weighted by Gasteiger charge is 2.11. The number of anilines is 1. The molecule has 0 spiro atoms. The second-order valence-corrected chi connectivity index (χ2v) is 5.09. The molecule has 0 radical (unpaired) electrons. The Morgan fingerprint density at radius 3 is 2.61 bits per heavy atom. The first-order chi connectivity index (χ1) is 11.1. The minimum atomic E-state index is -0.674. The molecule has 3 aromatic rings. The van der Waals surface area contributed by atoms with E-state index in [4.69, 9.17) is 16.6 Å². The molecule has 1 heterocycles. The second-order valence-electron chi connectivity index (χ2n) is 4.70. The van der Waals surface area contributed by atoms with Gasteiger partial charge in [-0.3, -0.25) is 0 Å². The zero-order chi connectivity index (χ0) is 16.2. The van der Waals surface area contributed by atoms with Gasteiger partial charge in [-0.15, -0.1) is 0 Å². The quantitative estimate of drug-likeness (QED) is 0.430. The monoisotopic (exact) mass is 324 g/mol. The van der Waals surface area contributed by atoms with Crippen molar-refractivity contribution in [2.45, 2.75) is 0 Å². The van der Waals surface area contributed by atoms with Crippen LogP contribution in [0.15, 0.2) is 68.8 Å². The standard InChI is InChI=1S/C17H12N2O3S/c20-15-12-8-4-5-9-14(12)22-16(21)13(15)10-18-17(23)19-11-6-2-1-3-7-11/h1-10,20H,(H,19,23)/b18-10+. The molecule has 114 valence electrons. The Bertz CT molecular complexity index is 949. The van der Waals surface area contributed by atoms with Crippen LogP contribution in [0.25, 0.3) is 11.0 Å².